The van der Waals surface area contributed by atoms with Gasteiger partial charge < -0.3 is 15.4 Å². The molecule has 0 aromatic heterocycles. The minimum atomic E-state index is -3.76. The maximum atomic E-state index is 12.6. The van der Waals surface area contributed by atoms with Gasteiger partial charge in [0.05, 0.1) is 11.5 Å². The molecule has 0 radical (unpaired) electrons. The largest absolute Gasteiger partial charge is 0.494 e. The van der Waals surface area contributed by atoms with Crippen LogP contribution in [0.2, 0.25) is 0 Å². The summed E-state index contributed by atoms with van der Waals surface area (Å²) in [6.45, 7) is 3.05. The zero-order chi connectivity index (χ0) is 23.7. The van der Waals surface area contributed by atoms with E-state index in [4.69, 9.17) is 4.74 Å². The molecule has 0 heterocycles. The average Bonchev–Trinajstić information content (AvgIpc) is 2.83. The van der Waals surface area contributed by atoms with Crippen LogP contribution in [0.5, 0.6) is 5.75 Å². The molecular weight excluding hydrogens is 442 g/mol. The van der Waals surface area contributed by atoms with E-state index in [1.54, 1.807) is 24.3 Å². The van der Waals surface area contributed by atoms with E-state index in [0.29, 0.717) is 36.7 Å². The number of hydrogen-bond acceptors (Lipinski definition) is 5. The van der Waals surface area contributed by atoms with Gasteiger partial charge in [-0.15, -0.1) is 0 Å². The molecule has 0 spiro atoms. The van der Waals surface area contributed by atoms with E-state index < -0.39 is 10.0 Å². The molecule has 8 nitrogen and oxygen atoms in total. The van der Waals surface area contributed by atoms with Crippen LogP contribution in [0.1, 0.15) is 49.4 Å². The summed E-state index contributed by atoms with van der Waals surface area (Å²) in [5.41, 5.74) is 0.748. The molecule has 3 N–H and O–H groups in total. The molecule has 0 saturated heterocycles. The van der Waals surface area contributed by atoms with E-state index in [-0.39, 0.29) is 22.6 Å². The third-order valence-corrected chi connectivity index (χ3v) is 6.93. The van der Waals surface area contributed by atoms with Crippen molar-refractivity contribution in [2.45, 2.75) is 43.9 Å². The van der Waals surface area contributed by atoms with Gasteiger partial charge in [-0.25, -0.2) is 8.42 Å². The Morgan fingerprint density at radius 2 is 1.55 bits per heavy atom. The zero-order valence-electron chi connectivity index (χ0n) is 18.8. The summed E-state index contributed by atoms with van der Waals surface area (Å²) in [5, 5.41) is 5.64. The van der Waals surface area contributed by atoms with Gasteiger partial charge in [0.25, 0.3) is 15.9 Å². The number of amides is 2. The summed E-state index contributed by atoms with van der Waals surface area (Å²) >= 11 is 0. The maximum absolute atomic E-state index is 12.6. The summed E-state index contributed by atoms with van der Waals surface area (Å²) in [5.74, 6) is 0.463. The Balaban J connectivity index is 1.46. The summed E-state index contributed by atoms with van der Waals surface area (Å²) in [6, 6.07) is 12.3. The van der Waals surface area contributed by atoms with Gasteiger partial charge in [0.2, 0.25) is 5.91 Å². The number of nitrogens with one attached hydrogen (secondary N) is 3. The van der Waals surface area contributed by atoms with Crippen molar-refractivity contribution >= 4 is 27.5 Å². The Morgan fingerprint density at radius 1 is 0.909 bits per heavy atom. The predicted molar refractivity (Wildman–Crippen MR) is 127 cm³/mol. The van der Waals surface area contributed by atoms with E-state index in [2.05, 4.69) is 15.4 Å². The fourth-order valence-electron chi connectivity index (χ4n) is 3.76. The second-order valence-corrected chi connectivity index (χ2v) is 9.65. The highest BCUT2D eigenvalue weighted by molar-refractivity contribution is 7.92. The van der Waals surface area contributed by atoms with Crippen LogP contribution in [0.25, 0.3) is 0 Å². The number of carbonyl (C=O) groups is 2. The first-order chi connectivity index (χ1) is 15.9. The van der Waals surface area contributed by atoms with Gasteiger partial charge in [-0.3, -0.25) is 14.3 Å². The Morgan fingerprint density at radius 3 is 2.18 bits per heavy atom. The molecule has 1 fully saturated rings. The predicted octanol–water partition coefficient (Wildman–Crippen LogP) is 3.31. The van der Waals surface area contributed by atoms with Crippen LogP contribution >= 0.6 is 0 Å². The Bertz CT molecular complexity index is 1030. The standard InChI is InChI=1S/C24H31N3O5S/c1-2-32-21-12-14-22(15-13-21)33(30,31)27-20-10-8-19(9-11-20)24(29)26-17-16-25-23(28)18-6-4-3-5-7-18/h8-15,18,27H,2-7,16-17H2,1H3,(H,25,28)(H,26,29). The third kappa shape index (κ3) is 7.21. The van der Waals surface area contributed by atoms with Crippen molar-refractivity contribution in [1.82, 2.24) is 10.6 Å². The first kappa shape index (κ1) is 24.6. The van der Waals surface area contributed by atoms with Crippen LogP contribution in [-0.2, 0) is 14.8 Å². The van der Waals surface area contributed by atoms with Crippen LogP contribution < -0.4 is 20.1 Å². The summed E-state index contributed by atoms with van der Waals surface area (Å²) in [6.07, 6.45) is 5.27. The molecule has 1 aliphatic carbocycles. The van der Waals surface area contributed by atoms with Gasteiger partial charge >= 0.3 is 0 Å². The first-order valence-corrected chi connectivity index (χ1v) is 12.8. The number of ether oxygens (including phenoxy) is 1. The number of hydrogen-bond donors (Lipinski definition) is 3. The molecule has 2 amide bonds. The number of rotatable bonds is 10. The third-order valence-electron chi connectivity index (χ3n) is 5.53. The Labute approximate surface area is 195 Å². The fraction of sp³-hybridized carbons (Fsp3) is 0.417. The van der Waals surface area contributed by atoms with Gasteiger partial charge in [0, 0.05) is 30.3 Å². The Hall–Kier alpha value is -3.07. The molecule has 9 heteroatoms. The topological polar surface area (TPSA) is 114 Å². The summed E-state index contributed by atoms with van der Waals surface area (Å²) < 4.78 is 33.0. The van der Waals surface area contributed by atoms with Crippen LogP contribution in [0, 0.1) is 5.92 Å². The van der Waals surface area contributed by atoms with E-state index in [1.807, 2.05) is 6.92 Å². The molecule has 33 heavy (non-hydrogen) atoms. The van der Waals surface area contributed by atoms with Crippen LogP contribution in [0.15, 0.2) is 53.4 Å². The van der Waals surface area contributed by atoms with Gasteiger partial charge in [0.1, 0.15) is 5.75 Å². The molecule has 0 atom stereocenters. The van der Waals surface area contributed by atoms with Gasteiger partial charge in [-0.05, 0) is 68.3 Å². The van der Waals surface area contributed by atoms with Gasteiger partial charge in [0.15, 0.2) is 0 Å². The van der Waals surface area contributed by atoms with E-state index in [1.165, 1.54) is 30.7 Å². The van der Waals surface area contributed by atoms with E-state index in [0.717, 1.165) is 25.7 Å². The lowest BCUT2D eigenvalue weighted by Crippen LogP contribution is -2.38. The SMILES string of the molecule is CCOc1ccc(S(=O)(=O)Nc2ccc(C(=O)NCCNC(=O)C3CCCCC3)cc2)cc1. The molecule has 0 unspecified atom stereocenters. The highest BCUT2D eigenvalue weighted by Crippen LogP contribution is 2.23. The number of anilines is 1. The fourth-order valence-corrected chi connectivity index (χ4v) is 4.82. The van der Waals surface area contributed by atoms with Crippen LogP contribution in [-0.4, -0.2) is 39.9 Å². The quantitative estimate of drug-likeness (QED) is 0.458. The molecule has 3 rings (SSSR count). The summed E-state index contributed by atoms with van der Waals surface area (Å²) in [4.78, 5) is 24.6. The molecular formula is C24H31N3O5S. The lowest BCUT2D eigenvalue weighted by atomic mass is 9.89. The second-order valence-electron chi connectivity index (χ2n) is 7.97. The molecule has 1 aliphatic rings. The van der Waals surface area contributed by atoms with Gasteiger partial charge in [-0.2, -0.15) is 0 Å². The molecule has 2 aromatic carbocycles. The number of carbonyl (C=O) groups excluding carboxylic acids is 2. The highest BCUT2D eigenvalue weighted by atomic mass is 32.2. The lowest BCUT2D eigenvalue weighted by molar-refractivity contribution is -0.125. The monoisotopic (exact) mass is 473 g/mol. The normalized spacial score (nSPS) is 14.3. The van der Waals surface area contributed by atoms with E-state index in [9.17, 15) is 18.0 Å². The zero-order valence-corrected chi connectivity index (χ0v) is 19.6. The van der Waals surface area contributed by atoms with Crippen molar-refractivity contribution in [3.8, 4) is 5.75 Å². The Kier molecular flexibility index (Phi) is 8.71. The molecule has 2 aromatic rings. The summed E-state index contributed by atoms with van der Waals surface area (Å²) in [7, 11) is -3.76. The first-order valence-electron chi connectivity index (χ1n) is 11.3. The lowest BCUT2D eigenvalue weighted by Gasteiger charge is -2.20. The molecule has 0 bridgehead atoms. The highest BCUT2D eigenvalue weighted by Gasteiger charge is 2.20. The van der Waals surface area contributed by atoms with Crippen molar-refractivity contribution in [1.29, 1.82) is 0 Å². The average molecular weight is 474 g/mol. The smallest absolute Gasteiger partial charge is 0.261 e. The van der Waals surface area contributed by atoms with Crippen molar-refractivity contribution < 1.29 is 22.7 Å². The minimum Gasteiger partial charge on any atom is -0.494 e. The van der Waals surface area contributed by atoms with Crippen molar-refractivity contribution in [3.63, 3.8) is 0 Å². The molecule has 0 aliphatic heterocycles. The van der Waals surface area contributed by atoms with Crippen molar-refractivity contribution in [2.24, 2.45) is 5.92 Å². The maximum Gasteiger partial charge on any atom is 0.261 e. The van der Waals surface area contributed by atoms with Gasteiger partial charge in [-0.1, -0.05) is 19.3 Å². The van der Waals surface area contributed by atoms with Crippen LogP contribution in [0.4, 0.5) is 5.69 Å². The van der Waals surface area contributed by atoms with Crippen molar-refractivity contribution in [2.75, 3.05) is 24.4 Å². The van der Waals surface area contributed by atoms with Crippen LogP contribution in [0.3, 0.4) is 0 Å². The second kappa shape index (κ2) is 11.7. The molecule has 178 valence electrons. The number of benzene rings is 2. The van der Waals surface area contributed by atoms with Crippen molar-refractivity contribution in [3.05, 3.63) is 54.1 Å². The molecule has 1 saturated carbocycles. The minimum absolute atomic E-state index is 0.0631. The number of sulfonamides is 1. The van der Waals surface area contributed by atoms with E-state index >= 15 is 0 Å².